The average molecular weight is 402 g/mol. The van der Waals surface area contributed by atoms with Gasteiger partial charge >= 0.3 is 5.97 Å². The van der Waals surface area contributed by atoms with Crippen LogP contribution in [-0.2, 0) is 9.53 Å². The van der Waals surface area contributed by atoms with Gasteiger partial charge in [-0.2, -0.15) is 5.26 Å². The Kier molecular flexibility index (Phi) is 9.20. The number of thiol groups is 1. The maximum absolute atomic E-state index is 10.5. The van der Waals surface area contributed by atoms with Gasteiger partial charge in [0.2, 0.25) is 5.12 Å². The maximum atomic E-state index is 10.5. The minimum atomic E-state index is -1.22. The van der Waals surface area contributed by atoms with Gasteiger partial charge < -0.3 is 9.84 Å². The fourth-order valence-electron chi connectivity index (χ4n) is 1.89. The van der Waals surface area contributed by atoms with E-state index in [0.717, 1.165) is 0 Å². The third-order valence-corrected chi connectivity index (χ3v) is 3.98. The van der Waals surface area contributed by atoms with Crippen LogP contribution in [0, 0.1) is 11.3 Å². The van der Waals surface area contributed by atoms with Crippen LogP contribution in [0.15, 0.2) is 60.7 Å². The van der Waals surface area contributed by atoms with Crippen LogP contribution in [0.5, 0.6) is 0 Å². The molecule has 140 valence electrons. The molecule has 0 bridgehead atoms. The van der Waals surface area contributed by atoms with Gasteiger partial charge in [0, 0.05) is 17.5 Å². The van der Waals surface area contributed by atoms with E-state index in [1.165, 1.54) is 6.92 Å². The number of carbonyl (C=O) groups is 2. The van der Waals surface area contributed by atoms with Crippen molar-refractivity contribution in [2.45, 2.75) is 25.4 Å². The highest BCUT2D eigenvalue weighted by Crippen LogP contribution is 2.19. The number of nitrogens with zero attached hydrogens (tertiary/aromatic N) is 1. The van der Waals surface area contributed by atoms with Crippen LogP contribution in [0.4, 0.5) is 0 Å². The molecular weight excluding hydrogens is 382 g/mol. The number of benzene rings is 2. The van der Waals surface area contributed by atoms with Gasteiger partial charge in [-0.3, -0.25) is 9.59 Å². The summed E-state index contributed by atoms with van der Waals surface area (Å²) >= 11 is 8.74. The second kappa shape index (κ2) is 11.1. The minimum absolute atomic E-state index is 0.0891. The largest absolute Gasteiger partial charge is 0.481 e. The predicted molar refractivity (Wildman–Crippen MR) is 110 cm³/mol. The lowest BCUT2D eigenvalue weighted by atomic mass is 10.0. The molecule has 2 aromatic carbocycles. The van der Waals surface area contributed by atoms with E-state index in [2.05, 4.69) is 12.6 Å². The van der Waals surface area contributed by atoms with E-state index < -0.39 is 11.6 Å². The van der Waals surface area contributed by atoms with Crippen LogP contribution in [0.3, 0.4) is 0 Å². The van der Waals surface area contributed by atoms with Crippen molar-refractivity contribution >= 4 is 41.0 Å². The van der Waals surface area contributed by atoms with Crippen LogP contribution < -0.4 is 0 Å². The van der Waals surface area contributed by atoms with Crippen molar-refractivity contribution in [2.75, 3.05) is 0 Å². The first-order chi connectivity index (χ1) is 12.8. The molecule has 27 heavy (non-hydrogen) atoms. The van der Waals surface area contributed by atoms with Crippen LogP contribution in [0.2, 0.25) is 0 Å². The molecule has 0 aliphatic rings. The van der Waals surface area contributed by atoms with Gasteiger partial charge in [0.1, 0.15) is 6.07 Å². The van der Waals surface area contributed by atoms with Crippen molar-refractivity contribution in [3.8, 4) is 6.07 Å². The fourth-order valence-corrected chi connectivity index (χ4v) is 2.36. The molecule has 0 saturated heterocycles. The summed E-state index contributed by atoms with van der Waals surface area (Å²) < 4.78 is 5.43. The minimum Gasteiger partial charge on any atom is -0.481 e. The van der Waals surface area contributed by atoms with Crippen LogP contribution >= 0.6 is 24.8 Å². The van der Waals surface area contributed by atoms with Crippen molar-refractivity contribution in [1.82, 2.24) is 0 Å². The molecule has 1 unspecified atom stereocenters. The third-order valence-electron chi connectivity index (χ3n) is 3.40. The van der Waals surface area contributed by atoms with E-state index in [1.807, 2.05) is 42.5 Å². The van der Waals surface area contributed by atoms with Crippen LogP contribution in [0.1, 0.15) is 35.7 Å². The molecule has 5 nitrogen and oxygen atoms in total. The Balaban J connectivity index is 0.000000337. The molecule has 1 atom stereocenters. The number of nitriles is 1. The van der Waals surface area contributed by atoms with Crippen LogP contribution in [-0.4, -0.2) is 26.8 Å². The molecule has 0 saturated carbocycles. The van der Waals surface area contributed by atoms with Gasteiger partial charge in [-0.15, -0.1) is 12.6 Å². The average Bonchev–Trinajstić information content (AvgIpc) is 2.68. The molecule has 0 aliphatic carbocycles. The van der Waals surface area contributed by atoms with Crippen LogP contribution in [0.25, 0.3) is 0 Å². The summed E-state index contributed by atoms with van der Waals surface area (Å²) in [6.45, 7) is 1.53. The maximum Gasteiger partial charge on any atom is 0.303 e. The summed E-state index contributed by atoms with van der Waals surface area (Å²) in [5, 5.41) is 17.7. The molecule has 7 heteroatoms. The Morgan fingerprint density at radius 2 is 1.59 bits per heavy atom. The number of carboxylic acid groups (broad SMARTS) is 1. The molecule has 0 heterocycles. The second-order valence-electron chi connectivity index (χ2n) is 5.66. The Bertz CT molecular complexity index is 819. The zero-order chi connectivity index (χ0) is 20.3. The summed E-state index contributed by atoms with van der Waals surface area (Å²) in [4.78, 5) is 21.0. The van der Waals surface area contributed by atoms with E-state index in [-0.39, 0.29) is 23.0 Å². The molecular formula is C20H19NO4S2. The Hall–Kier alpha value is -2.69. The van der Waals surface area contributed by atoms with E-state index in [9.17, 15) is 9.59 Å². The molecule has 0 radical (unpaired) electrons. The zero-order valence-electron chi connectivity index (χ0n) is 14.7. The molecule has 0 amide bonds. The highest BCUT2D eigenvalue weighted by molar-refractivity contribution is 7.97. The number of carbonyl (C=O) groups excluding carboxylic acids is 1. The van der Waals surface area contributed by atoms with Crippen molar-refractivity contribution in [3.63, 3.8) is 0 Å². The van der Waals surface area contributed by atoms with Gasteiger partial charge in [0.25, 0.3) is 0 Å². The van der Waals surface area contributed by atoms with Gasteiger partial charge in [-0.25, -0.2) is 0 Å². The highest BCUT2D eigenvalue weighted by Gasteiger charge is 2.28. The Morgan fingerprint density at radius 1 is 1.11 bits per heavy atom. The SMILES string of the molecule is CC(C#N)(CCC(=O)O)OC(=S)c1ccccc1.O=C(S)c1ccccc1. The lowest BCUT2D eigenvalue weighted by Gasteiger charge is -2.23. The van der Waals surface area contributed by atoms with Crippen molar-refractivity contribution in [1.29, 1.82) is 5.26 Å². The van der Waals surface area contributed by atoms with Crippen molar-refractivity contribution in [2.24, 2.45) is 0 Å². The predicted octanol–water partition coefficient (Wildman–Crippen LogP) is 4.28. The lowest BCUT2D eigenvalue weighted by Crippen LogP contribution is -2.30. The second-order valence-corrected chi connectivity index (χ2v) is 6.44. The van der Waals surface area contributed by atoms with Crippen molar-refractivity contribution < 1.29 is 19.4 Å². The number of rotatable bonds is 6. The molecule has 0 spiro atoms. The topological polar surface area (TPSA) is 87.4 Å². The number of carboxylic acids is 1. The van der Waals surface area contributed by atoms with E-state index in [4.69, 9.17) is 27.3 Å². The number of hydrogen-bond acceptors (Lipinski definition) is 5. The van der Waals surface area contributed by atoms with Crippen molar-refractivity contribution in [3.05, 3.63) is 71.8 Å². The molecule has 2 aromatic rings. The van der Waals surface area contributed by atoms with Gasteiger partial charge in [0.15, 0.2) is 10.7 Å². The summed E-state index contributed by atoms with van der Waals surface area (Å²) in [5.74, 6) is -0.967. The number of thiocarbonyl (C=S) groups is 1. The lowest BCUT2D eigenvalue weighted by molar-refractivity contribution is -0.137. The smallest absolute Gasteiger partial charge is 0.303 e. The molecule has 0 aromatic heterocycles. The van der Waals surface area contributed by atoms with E-state index in [0.29, 0.717) is 11.1 Å². The Labute approximate surface area is 169 Å². The standard InChI is InChI=1S/C13H13NO3S.C7H6OS/c1-13(9-14,8-7-11(15)16)17-12(18)10-5-3-2-4-6-10;8-7(9)6-4-2-1-3-5-6/h2-6H,7-8H2,1H3,(H,15,16);1-5H,(H,8,9). The summed E-state index contributed by atoms with van der Waals surface area (Å²) in [7, 11) is 0. The monoisotopic (exact) mass is 401 g/mol. The molecule has 2 rings (SSSR count). The molecule has 0 fully saturated rings. The summed E-state index contributed by atoms with van der Waals surface area (Å²) in [6, 6.07) is 19.9. The van der Waals surface area contributed by atoms with Gasteiger partial charge in [0.05, 0.1) is 6.42 Å². The first-order valence-corrected chi connectivity index (χ1v) is 8.83. The summed E-state index contributed by atoms with van der Waals surface area (Å²) in [6.07, 6.45) is -0.0483. The first kappa shape index (κ1) is 22.4. The highest BCUT2D eigenvalue weighted by atomic mass is 32.1. The quantitative estimate of drug-likeness (QED) is 0.555. The number of ether oxygens (including phenoxy) is 1. The Morgan fingerprint density at radius 3 is 1.96 bits per heavy atom. The van der Waals surface area contributed by atoms with E-state index in [1.54, 1.807) is 24.3 Å². The van der Waals surface area contributed by atoms with Gasteiger partial charge in [-0.05, 0) is 19.1 Å². The van der Waals surface area contributed by atoms with E-state index >= 15 is 0 Å². The normalized spacial score (nSPS) is 11.7. The first-order valence-electron chi connectivity index (χ1n) is 7.97. The number of hydrogen-bond donors (Lipinski definition) is 2. The summed E-state index contributed by atoms with van der Waals surface area (Å²) in [5.41, 5.74) is 0.121. The van der Waals surface area contributed by atoms with Gasteiger partial charge in [-0.1, -0.05) is 60.7 Å². The number of aliphatic carboxylic acids is 1. The molecule has 0 aliphatic heterocycles. The zero-order valence-corrected chi connectivity index (χ0v) is 16.4. The molecule has 1 N–H and O–H groups in total. The fraction of sp³-hybridized carbons (Fsp3) is 0.200. The third kappa shape index (κ3) is 8.49.